The molecule has 4 atom stereocenters. The average Bonchev–Trinajstić information content (AvgIpc) is 2.90. The third kappa shape index (κ3) is 4.24. The summed E-state index contributed by atoms with van der Waals surface area (Å²) in [7, 11) is -5.89. The molecular formula is C21H38N2O7Si2. The zero-order valence-corrected chi connectivity index (χ0v) is 22.2. The Morgan fingerprint density at radius 1 is 1.06 bits per heavy atom. The molecule has 2 fully saturated rings. The molecule has 3 rings (SSSR count). The number of ether oxygens (including phenoxy) is 1. The lowest BCUT2D eigenvalue weighted by molar-refractivity contribution is -0.0600. The van der Waals surface area contributed by atoms with Crippen molar-refractivity contribution < 1.29 is 24.2 Å². The first-order chi connectivity index (χ1) is 15.2. The van der Waals surface area contributed by atoms with E-state index in [9.17, 15) is 14.7 Å². The number of aromatic amines is 1. The van der Waals surface area contributed by atoms with E-state index in [1.165, 1.54) is 6.20 Å². The quantitative estimate of drug-likeness (QED) is 0.614. The van der Waals surface area contributed by atoms with Crippen LogP contribution in [0.2, 0.25) is 22.2 Å². The van der Waals surface area contributed by atoms with Crippen molar-refractivity contribution in [3.05, 3.63) is 33.1 Å². The zero-order valence-electron chi connectivity index (χ0n) is 21.2. The van der Waals surface area contributed by atoms with Crippen LogP contribution in [0.3, 0.4) is 0 Å². The molecule has 0 unspecified atom stereocenters. The van der Waals surface area contributed by atoms with E-state index in [1.54, 1.807) is 0 Å². The minimum atomic E-state index is -3.08. The first-order valence-electron chi connectivity index (χ1n) is 11.9. The molecule has 3 heterocycles. The average molecular weight is 488 g/mol. The summed E-state index contributed by atoms with van der Waals surface area (Å²) in [6.07, 6.45) is -4.34. The molecule has 2 N–H and O–H groups in total. The lowest BCUT2D eigenvalue weighted by Crippen LogP contribution is -2.65. The summed E-state index contributed by atoms with van der Waals surface area (Å²) in [4.78, 5) is 26.1. The molecule has 1 aromatic heterocycles. The van der Waals surface area contributed by atoms with Gasteiger partial charge in [-0.15, -0.1) is 0 Å². The van der Waals surface area contributed by atoms with Crippen LogP contribution in [0.5, 0.6) is 0 Å². The molecule has 0 bridgehead atoms. The minimum Gasteiger partial charge on any atom is -0.414 e. The summed E-state index contributed by atoms with van der Waals surface area (Å²) in [6.45, 7) is 16.7. The van der Waals surface area contributed by atoms with E-state index in [0.717, 1.165) is 10.6 Å². The van der Waals surface area contributed by atoms with Gasteiger partial charge in [0.2, 0.25) is 0 Å². The van der Waals surface area contributed by atoms with E-state index in [0.29, 0.717) is 0 Å². The Morgan fingerprint density at radius 3 is 2.12 bits per heavy atom. The summed E-state index contributed by atoms with van der Waals surface area (Å²) in [6, 6.07) is 1.15. The van der Waals surface area contributed by atoms with Crippen LogP contribution in [0.1, 0.15) is 63.0 Å². The van der Waals surface area contributed by atoms with E-state index in [2.05, 4.69) is 32.7 Å². The summed E-state index contributed by atoms with van der Waals surface area (Å²) >= 11 is 0. The van der Waals surface area contributed by atoms with Gasteiger partial charge in [0.05, 0.1) is 7.98 Å². The van der Waals surface area contributed by atoms with Crippen molar-refractivity contribution in [2.24, 2.45) is 0 Å². The van der Waals surface area contributed by atoms with Gasteiger partial charge in [0.25, 0.3) is 5.56 Å². The number of fused-ring (bicyclic) bond motifs is 1. The molecule has 0 spiro atoms. The predicted octanol–water partition coefficient (Wildman–Crippen LogP) is 2.75. The third-order valence-electron chi connectivity index (χ3n) is 6.61. The molecule has 0 amide bonds. The molecule has 0 aromatic carbocycles. The van der Waals surface area contributed by atoms with Crippen molar-refractivity contribution in [3.63, 3.8) is 0 Å². The number of nitrogens with one attached hydrogen (secondary N) is 1. The second-order valence-corrected chi connectivity index (χ2v) is 18.8. The lowest BCUT2D eigenvalue weighted by atomic mass is 10.1. The fraction of sp³-hybridized carbons (Fsp3) is 0.810. The number of H-pyrrole nitrogens is 1. The second kappa shape index (κ2) is 9.28. The molecule has 9 nitrogen and oxygen atoms in total. The topological polar surface area (TPSA) is 112 Å². The monoisotopic (exact) mass is 487 g/mol. The number of hydrogen-bond acceptors (Lipinski definition) is 7. The van der Waals surface area contributed by atoms with Crippen LogP contribution in [0.15, 0.2) is 21.9 Å². The molecule has 2 aliphatic rings. The Balaban J connectivity index is 2.14. The number of aliphatic hydroxyl groups is 1. The molecule has 2 aliphatic heterocycles. The number of nitrogens with zero attached hydrogens (tertiary/aromatic N) is 1. The smallest absolute Gasteiger partial charge is 0.335 e. The van der Waals surface area contributed by atoms with E-state index in [-0.39, 0.29) is 28.8 Å². The lowest BCUT2D eigenvalue weighted by Gasteiger charge is -2.51. The zero-order chi connectivity index (χ0) is 24.9. The van der Waals surface area contributed by atoms with E-state index in [1.807, 2.05) is 27.7 Å². The summed E-state index contributed by atoms with van der Waals surface area (Å²) in [5, 5.41) is 11.3. The van der Waals surface area contributed by atoms with E-state index in [4.69, 9.17) is 19.1 Å². The number of aromatic nitrogens is 2. The molecule has 0 radical (unpaired) electrons. The van der Waals surface area contributed by atoms with Crippen LogP contribution < -0.4 is 11.2 Å². The molecule has 0 aliphatic carbocycles. The highest BCUT2D eigenvalue weighted by molar-refractivity contribution is 6.83. The maximum Gasteiger partial charge on any atom is 0.335 e. The van der Waals surface area contributed by atoms with Crippen molar-refractivity contribution in [2.45, 2.75) is 102 Å². The van der Waals surface area contributed by atoms with Gasteiger partial charge in [-0.1, -0.05) is 55.4 Å². The van der Waals surface area contributed by atoms with Gasteiger partial charge in [0.1, 0.15) is 18.3 Å². The summed E-state index contributed by atoms with van der Waals surface area (Å²) < 4.78 is 36.3. The Kier molecular flexibility index (Phi) is 6.97. The second-order valence-electron chi connectivity index (χ2n) is 9.98. The molecule has 2 saturated heterocycles. The molecule has 32 heavy (non-hydrogen) atoms. The molecular weight excluding hydrogens is 448 g/mol. The highest BCUT2D eigenvalue weighted by Gasteiger charge is 2.61. The highest BCUT2D eigenvalue weighted by Crippen LogP contribution is 2.48. The van der Waals surface area contributed by atoms with Crippen LogP contribution >= 0.6 is 0 Å². The van der Waals surface area contributed by atoms with Crippen LogP contribution in [-0.2, 0) is 17.7 Å². The van der Waals surface area contributed by atoms with Crippen LogP contribution in [0.4, 0.5) is 0 Å². The summed E-state index contributed by atoms with van der Waals surface area (Å²) in [5.41, 5.74) is -1.05. The van der Waals surface area contributed by atoms with Gasteiger partial charge < -0.3 is 22.8 Å². The maximum atomic E-state index is 12.4. The third-order valence-corrected chi connectivity index (χ3v) is 16.8. The van der Waals surface area contributed by atoms with E-state index >= 15 is 0 Å². The van der Waals surface area contributed by atoms with Crippen LogP contribution in [-0.4, -0.2) is 56.7 Å². The van der Waals surface area contributed by atoms with Gasteiger partial charge in [-0.3, -0.25) is 14.3 Å². The van der Waals surface area contributed by atoms with Crippen molar-refractivity contribution in [2.75, 3.05) is 6.61 Å². The predicted molar refractivity (Wildman–Crippen MR) is 125 cm³/mol. The minimum absolute atomic E-state index is 0.00915. The first kappa shape index (κ1) is 24.1. The Morgan fingerprint density at radius 2 is 1.62 bits per heavy atom. The first-order valence-corrected chi connectivity index (χ1v) is 15.3. The van der Waals surface area contributed by atoms with Gasteiger partial charge in [0.15, 0.2) is 6.23 Å². The Hall–Kier alpha value is -1.09. The van der Waals surface area contributed by atoms with Gasteiger partial charge in [-0.05, 0) is 22.2 Å². The van der Waals surface area contributed by atoms with Crippen molar-refractivity contribution in [3.8, 4) is 0 Å². The standard InChI is InChI=1S/C21H38N2O7Si2/c1-12(2)31(13(3)4)27-11-16-19(29-32(30-31,14(5)6)15(7)8)18(25)20(28-16)23-10-9-17(24)22-21(23)26/h9-10,12-16,18-20,25H,11H2,1-8H3,(H,22,24,26)/t16-,18+,19-,20-/m1/s1/i18D. The van der Waals surface area contributed by atoms with Crippen molar-refractivity contribution in [1.29, 1.82) is 0 Å². The van der Waals surface area contributed by atoms with Gasteiger partial charge in [-0.2, -0.15) is 0 Å². The Bertz CT molecular complexity index is 946. The Labute approximate surface area is 193 Å². The largest absolute Gasteiger partial charge is 0.414 e. The maximum absolute atomic E-state index is 12.4. The van der Waals surface area contributed by atoms with Gasteiger partial charge >= 0.3 is 22.8 Å². The molecule has 182 valence electrons. The number of hydrogen-bond donors (Lipinski definition) is 2. The van der Waals surface area contributed by atoms with Crippen LogP contribution in [0.25, 0.3) is 0 Å². The normalized spacial score (nSPS) is 32.8. The number of rotatable bonds is 5. The molecule has 0 saturated carbocycles. The fourth-order valence-electron chi connectivity index (χ4n) is 4.84. The van der Waals surface area contributed by atoms with Gasteiger partial charge in [0, 0.05) is 12.3 Å². The van der Waals surface area contributed by atoms with Gasteiger partial charge in [-0.25, -0.2) is 4.79 Å². The highest BCUT2D eigenvalue weighted by atomic mass is 28.5. The SMILES string of the molecule is [2H][C@]1(O)[C@@H]2O[Si](C(C)C)(C(C)C)O[Si](C(C)C)(C(C)C)OC[C@H]2O[C@H]1n1ccc(=O)[nH]c1=O. The fourth-order valence-corrected chi connectivity index (χ4v) is 16.0. The van der Waals surface area contributed by atoms with Crippen LogP contribution in [0, 0.1) is 0 Å². The molecule has 11 heteroatoms. The van der Waals surface area contributed by atoms with Crippen molar-refractivity contribution >= 4 is 17.1 Å². The van der Waals surface area contributed by atoms with Crippen molar-refractivity contribution in [1.82, 2.24) is 9.55 Å². The van der Waals surface area contributed by atoms with E-state index < -0.39 is 52.9 Å². The summed E-state index contributed by atoms with van der Waals surface area (Å²) in [5.74, 6) is 0. The molecule has 1 aromatic rings.